The molecule has 1 rings (SSSR count). The quantitative estimate of drug-likeness (QED) is 0.651. The van der Waals surface area contributed by atoms with E-state index in [0.717, 1.165) is 0 Å². The average Bonchev–Trinajstić information content (AvgIpc) is 2.53. The lowest BCUT2D eigenvalue weighted by atomic mass is 10.4. The molecule has 0 amide bonds. The summed E-state index contributed by atoms with van der Waals surface area (Å²) in [7, 11) is 0. The number of hydrogen-bond acceptors (Lipinski definition) is 3. The lowest BCUT2D eigenvalue weighted by Gasteiger charge is -1.82. The molecule has 0 unspecified atom stereocenters. The summed E-state index contributed by atoms with van der Waals surface area (Å²) in [6.07, 6.45) is 0.100. The first-order chi connectivity index (χ1) is 6.24. The number of carboxylic acids is 1. The van der Waals surface area contributed by atoms with Gasteiger partial charge in [0.05, 0.1) is 12.5 Å². The van der Waals surface area contributed by atoms with Gasteiger partial charge in [-0.3, -0.25) is 0 Å². The van der Waals surface area contributed by atoms with Crippen LogP contribution in [0.5, 0.6) is 0 Å². The highest BCUT2D eigenvalue weighted by molar-refractivity contribution is 5.84. The van der Waals surface area contributed by atoms with Crippen molar-refractivity contribution in [1.82, 2.24) is 0 Å². The SMILES string of the molecule is N#CCC#Cc1ccc(C(=O)O)o1. The third-order valence-electron chi connectivity index (χ3n) is 1.20. The predicted molar refractivity (Wildman–Crippen MR) is 42.8 cm³/mol. The van der Waals surface area contributed by atoms with Gasteiger partial charge in [0.15, 0.2) is 5.76 Å². The number of carbonyl (C=O) groups is 1. The molecule has 1 aromatic heterocycles. The first-order valence-corrected chi connectivity index (χ1v) is 3.43. The number of nitrogens with zero attached hydrogens (tertiary/aromatic N) is 1. The van der Waals surface area contributed by atoms with Gasteiger partial charge in [-0.1, -0.05) is 5.92 Å². The smallest absolute Gasteiger partial charge is 0.371 e. The minimum Gasteiger partial charge on any atom is -0.475 e. The maximum absolute atomic E-state index is 10.3. The molecule has 0 saturated carbocycles. The predicted octanol–water partition coefficient (Wildman–Crippen LogP) is 1.24. The van der Waals surface area contributed by atoms with Crippen LogP contribution in [-0.4, -0.2) is 11.1 Å². The van der Waals surface area contributed by atoms with Crippen LogP contribution < -0.4 is 0 Å². The topological polar surface area (TPSA) is 74.2 Å². The van der Waals surface area contributed by atoms with Gasteiger partial charge in [-0.25, -0.2) is 4.79 Å². The molecule has 0 spiro atoms. The first-order valence-electron chi connectivity index (χ1n) is 3.43. The van der Waals surface area contributed by atoms with E-state index in [9.17, 15) is 4.79 Å². The van der Waals surface area contributed by atoms with Gasteiger partial charge in [-0.2, -0.15) is 5.26 Å². The Balaban J connectivity index is 2.78. The van der Waals surface area contributed by atoms with Crippen LogP contribution in [0, 0.1) is 23.2 Å². The second-order valence-corrected chi connectivity index (χ2v) is 2.11. The molecular formula is C9H5NO3. The Hall–Kier alpha value is -2.20. The monoisotopic (exact) mass is 175 g/mol. The van der Waals surface area contributed by atoms with Crippen LogP contribution in [0.1, 0.15) is 22.7 Å². The number of carboxylic acid groups (broad SMARTS) is 1. The summed E-state index contributed by atoms with van der Waals surface area (Å²) in [4.78, 5) is 10.3. The summed E-state index contributed by atoms with van der Waals surface area (Å²) in [6.45, 7) is 0. The molecule has 64 valence electrons. The molecule has 1 aromatic rings. The van der Waals surface area contributed by atoms with E-state index in [-0.39, 0.29) is 17.9 Å². The summed E-state index contributed by atoms with van der Waals surface area (Å²) in [5.41, 5.74) is 0. The summed E-state index contributed by atoms with van der Waals surface area (Å²) >= 11 is 0. The minimum absolute atomic E-state index is 0.100. The van der Waals surface area contributed by atoms with Gasteiger partial charge < -0.3 is 9.52 Å². The summed E-state index contributed by atoms with van der Waals surface area (Å²) in [6, 6.07) is 4.61. The van der Waals surface area contributed by atoms with Crippen molar-refractivity contribution < 1.29 is 14.3 Å². The van der Waals surface area contributed by atoms with E-state index in [4.69, 9.17) is 14.8 Å². The zero-order chi connectivity index (χ0) is 9.68. The van der Waals surface area contributed by atoms with Crippen LogP contribution >= 0.6 is 0 Å². The maximum atomic E-state index is 10.3. The largest absolute Gasteiger partial charge is 0.475 e. The van der Waals surface area contributed by atoms with Crippen molar-refractivity contribution in [1.29, 1.82) is 5.26 Å². The number of nitriles is 1. The van der Waals surface area contributed by atoms with Crippen LogP contribution in [0.4, 0.5) is 0 Å². The highest BCUT2D eigenvalue weighted by Gasteiger charge is 2.06. The standard InChI is InChI=1S/C9H5NO3/c10-6-2-1-3-7-4-5-8(13-7)9(11)12/h4-5H,2H2,(H,11,12). The van der Waals surface area contributed by atoms with Crippen LogP contribution in [0.3, 0.4) is 0 Å². The summed E-state index contributed by atoms with van der Waals surface area (Å²) in [5, 5.41) is 16.6. The molecule has 0 aromatic carbocycles. The second kappa shape index (κ2) is 3.99. The van der Waals surface area contributed by atoms with Gasteiger partial charge in [0.1, 0.15) is 0 Å². The zero-order valence-corrected chi connectivity index (χ0v) is 6.57. The van der Waals surface area contributed by atoms with Crippen molar-refractivity contribution in [3.8, 4) is 17.9 Å². The summed E-state index contributed by atoms with van der Waals surface area (Å²) in [5.74, 6) is 4.00. The Kier molecular flexibility index (Phi) is 2.73. The zero-order valence-electron chi connectivity index (χ0n) is 6.57. The van der Waals surface area contributed by atoms with E-state index < -0.39 is 5.97 Å². The highest BCUT2D eigenvalue weighted by Crippen LogP contribution is 2.05. The molecular weight excluding hydrogens is 170 g/mol. The number of furan rings is 1. The van der Waals surface area contributed by atoms with Crippen molar-refractivity contribution in [3.63, 3.8) is 0 Å². The van der Waals surface area contributed by atoms with Gasteiger partial charge in [0.2, 0.25) is 5.76 Å². The Morgan fingerprint density at radius 2 is 2.38 bits per heavy atom. The number of rotatable bonds is 1. The van der Waals surface area contributed by atoms with Crippen LogP contribution in [0.2, 0.25) is 0 Å². The van der Waals surface area contributed by atoms with E-state index in [2.05, 4.69) is 11.8 Å². The van der Waals surface area contributed by atoms with Crippen LogP contribution in [0.25, 0.3) is 0 Å². The Morgan fingerprint density at radius 1 is 1.62 bits per heavy atom. The molecule has 0 aliphatic carbocycles. The van der Waals surface area contributed by atoms with Crippen LogP contribution in [-0.2, 0) is 0 Å². The molecule has 1 heterocycles. The van der Waals surface area contributed by atoms with Crippen molar-refractivity contribution >= 4 is 5.97 Å². The fraction of sp³-hybridized carbons (Fsp3) is 0.111. The fourth-order valence-electron chi connectivity index (χ4n) is 0.691. The number of hydrogen-bond donors (Lipinski definition) is 1. The molecule has 0 saturated heterocycles. The molecule has 0 aliphatic rings. The van der Waals surface area contributed by atoms with E-state index in [1.165, 1.54) is 12.1 Å². The Morgan fingerprint density at radius 3 is 2.92 bits per heavy atom. The molecule has 4 heteroatoms. The van der Waals surface area contributed by atoms with Gasteiger partial charge in [-0.15, -0.1) is 0 Å². The average molecular weight is 175 g/mol. The number of aromatic carboxylic acids is 1. The van der Waals surface area contributed by atoms with Crippen molar-refractivity contribution in [2.45, 2.75) is 6.42 Å². The first kappa shape index (κ1) is 8.89. The lowest BCUT2D eigenvalue weighted by Crippen LogP contribution is -1.91. The Labute approximate surface area is 74.4 Å². The lowest BCUT2D eigenvalue weighted by molar-refractivity contribution is 0.0662. The highest BCUT2D eigenvalue weighted by atomic mass is 16.4. The van der Waals surface area contributed by atoms with Crippen molar-refractivity contribution in [2.75, 3.05) is 0 Å². The van der Waals surface area contributed by atoms with Crippen LogP contribution in [0.15, 0.2) is 16.5 Å². The molecule has 0 bridgehead atoms. The van der Waals surface area contributed by atoms with Gasteiger partial charge >= 0.3 is 5.97 Å². The molecule has 0 fully saturated rings. The van der Waals surface area contributed by atoms with E-state index in [0.29, 0.717) is 0 Å². The van der Waals surface area contributed by atoms with Gasteiger partial charge in [0, 0.05) is 0 Å². The van der Waals surface area contributed by atoms with E-state index >= 15 is 0 Å². The minimum atomic E-state index is -1.13. The second-order valence-electron chi connectivity index (χ2n) is 2.11. The fourth-order valence-corrected chi connectivity index (χ4v) is 0.691. The van der Waals surface area contributed by atoms with Gasteiger partial charge in [0.25, 0.3) is 0 Å². The van der Waals surface area contributed by atoms with Gasteiger partial charge in [-0.05, 0) is 18.1 Å². The van der Waals surface area contributed by atoms with Crippen molar-refractivity contribution in [2.24, 2.45) is 0 Å². The van der Waals surface area contributed by atoms with E-state index in [1.807, 2.05) is 6.07 Å². The molecule has 4 nitrogen and oxygen atoms in total. The third-order valence-corrected chi connectivity index (χ3v) is 1.20. The normalized spacial score (nSPS) is 8.23. The van der Waals surface area contributed by atoms with E-state index in [1.54, 1.807) is 0 Å². The van der Waals surface area contributed by atoms with Crippen molar-refractivity contribution in [3.05, 3.63) is 23.7 Å². The maximum Gasteiger partial charge on any atom is 0.371 e. The third kappa shape index (κ3) is 2.39. The molecule has 0 radical (unpaired) electrons. The molecule has 1 N–H and O–H groups in total. The molecule has 0 aliphatic heterocycles. The summed E-state index contributed by atoms with van der Waals surface area (Å²) < 4.78 is 4.81. The molecule has 0 atom stereocenters. The Bertz CT molecular complexity index is 414. The molecule has 13 heavy (non-hydrogen) atoms.